The molecule has 1 heterocycles. The lowest BCUT2D eigenvalue weighted by Gasteiger charge is -2.19. The fourth-order valence-corrected chi connectivity index (χ4v) is 2.73. The zero-order valence-corrected chi connectivity index (χ0v) is 14.4. The van der Waals surface area contributed by atoms with E-state index in [1.54, 1.807) is 0 Å². The van der Waals surface area contributed by atoms with Crippen LogP contribution in [0.3, 0.4) is 0 Å². The van der Waals surface area contributed by atoms with Crippen LogP contribution in [0.1, 0.15) is 16.8 Å². The average molecular weight is 485 g/mol. The zero-order valence-electron chi connectivity index (χ0n) is 12.8. The van der Waals surface area contributed by atoms with Crippen LogP contribution in [0.15, 0.2) is 12.1 Å². The van der Waals surface area contributed by atoms with Crippen LogP contribution in [-0.2, 0) is 18.3 Å². The molecule has 0 amide bonds. The second kappa shape index (κ2) is 6.86. The Morgan fingerprint density at radius 2 is 1.21 bits per heavy atom. The molecule has 0 radical (unpaired) electrons. The van der Waals surface area contributed by atoms with Gasteiger partial charge in [0.15, 0.2) is 5.69 Å². The molecule has 29 heavy (non-hydrogen) atoms. The van der Waals surface area contributed by atoms with Gasteiger partial charge in [0, 0.05) is 0 Å². The van der Waals surface area contributed by atoms with Crippen molar-refractivity contribution in [3.63, 3.8) is 0 Å². The molecule has 0 bridgehead atoms. The van der Waals surface area contributed by atoms with Crippen molar-refractivity contribution in [3.8, 4) is 5.69 Å². The number of hydrogen-bond acceptors (Lipinski definition) is 1. The fraction of sp³-hybridized carbons (Fsp3) is 0.308. The summed E-state index contributed by atoms with van der Waals surface area (Å²) in [5, 5.41) is -0.141. The van der Waals surface area contributed by atoms with Crippen molar-refractivity contribution in [1.82, 2.24) is 9.78 Å². The maximum atomic E-state index is 14.2. The smallest absolute Gasteiger partial charge is 0.203 e. The Morgan fingerprint density at radius 1 is 0.759 bits per heavy atom. The van der Waals surface area contributed by atoms with E-state index in [1.807, 2.05) is 0 Å². The predicted molar refractivity (Wildman–Crippen MR) is 73.5 cm³/mol. The minimum Gasteiger partial charge on any atom is -0.203 e. The largest absolute Gasteiger partial charge is 0.459 e. The summed E-state index contributed by atoms with van der Waals surface area (Å²) in [5.74, 6) is -9.06. The SMILES string of the molecule is Fc1c(C(F)(F)F)c(C(F)(F)C(F)(F)F)nn1-c1c(Cl)cc(C(F)(F)F)cc1Cl. The van der Waals surface area contributed by atoms with Crippen LogP contribution < -0.4 is 0 Å². The Balaban J connectivity index is 2.88. The van der Waals surface area contributed by atoms with Crippen LogP contribution in [0.2, 0.25) is 10.0 Å². The third kappa shape index (κ3) is 4.09. The fourth-order valence-electron chi connectivity index (χ4n) is 2.08. The number of halogens is 14. The molecule has 0 spiro atoms. The molecule has 0 unspecified atom stereocenters. The summed E-state index contributed by atoms with van der Waals surface area (Å²) in [5.41, 5.74) is -9.02. The van der Waals surface area contributed by atoms with Crippen LogP contribution in [-0.4, -0.2) is 16.0 Å². The summed E-state index contributed by atoms with van der Waals surface area (Å²) in [6, 6.07) is 0.0808. The Hall–Kier alpha value is -1.83. The van der Waals surface area contributed by atoms with Gasteiger partial charge in [-0.05, 0) is 12.1 Å². The van der Waals surface area contributed by atoms with Gasteiger partial charge in [-0.25, -0.2) is 4.68 Å². The van der Waals surface area contributed by atoms with Crippen LogP contribution >= 0.6 is 23.2 Å². The average Bonchev–Trinajstić information content (AvgIpc) is 2.82. The number of nitrogens with zero attached hydrogens (tertiary/aromatic N) is 2. The third-order valence-electron chi connectivity index (χ3n) is 3.32. The lowest BCUT2D eigenvalue weighted by atomic mass is 10.1. The van der Waals surface area contributed by atoms with Crippen molar-refractivity contribution in [2.45, 2.75) is 24.5 Å². The van der Waals surface area contributed by atoms with Gasteiger partial charge in [-0.1, -0.05) is 23.2 Å². The molecule has 0 fully saturated rings. The standard InChI is InChI=1S/C13H2Cl2F12N2/c14-4-1-3(11(19,20)21)2-5(15)7(4)29-9(16)6(12(22,23)24)8(28-29)10(17,18)13(25,26)27/h1-2H. The Kier molecular flexibility index (Phi) is 5.54. The van der Waals surface area contributed by atoms with Crippen molar-refractivity contribution in [2.24, 2.45) is 0 Å². The predicted octanol–water partition coefficient (Wildman–Crippen LogP) is 7.01. The highest BCUT2D eigenvalue weighted by atomic mass is 35.5. The third-order valence-corrected chi connectivity index (χ3v) is 3.90. The molecule has 0 aliphatic heterocycles. The highest BCUT2D eigenvalue weighted by molar-refractivity contribution is 6.37. The van der Waals surface area contributed by atoms with Crippen LogP contribution in [0.4, 0.5) is 52.7 Å². The molecular formula is C13H2Cl2F12N2. The van der Waals surface area contributed by atoms with Gasteiger partial charge in [-0.2, -0.15) is 57.8 Å². The van der Waals surface area contributed by atoms with E-state index in [0.29, 0.717) is 0 Å². The minimum atomic E-state index is -6.60. The lowest BCUT2D eigenvalue weighted by molar-refractivity contribution is -0.292. The lowest BCUT2D eigenvalue weighted by Crippen LogP contribution is -2.36. The number of alkyl halides is 11. The first-order valence-corrected chi connectivity index (χ1v) is 7.43. The normalized spacial score (nSPS) is 13.9. The number of hydrogen-bond donors (Lipinski definition) is 0. The van der Waals surface area contributed by atoms with Gasteiger partial charge >= 0.3 is 24.5 Å². The van der Waals surface area contributed by atoms with Crippen molar-refractivity contribution in [2.75, 3.05) is 0 Å². The summed E-state index contributed by atoms with van der Waals surface area (Å²) in [4.78, 5) is 0. The van der Waals surface area contributed by atoms with Gasteiger partial charge in [0.05, 0.1) is 15.6 Å². The minimum absolute atomic E-state index is 0.0404. The summed E-state index contributed by atoms with van der Waals surface area (Å²) in [6.45, 7) is 0. The van der Waals surface area contributed by atoms with E-state index >= 15 is 0 Å². The molecule has 0 saturated carbocycles. The molecule has 1 aromatic heterocycles. The Labute approximate surface area is 161 Å². The first-order chi connectivity index (χ1) is 12.8. The van der Waals surface area contributed by atoms with Gasteiger partial charge in [-0.3, -0.25) is 0 Å². The van der Waals surface area contributed by atoms with Crippen molar-refractivity contribution < 1.29 is 52.7 Å². The molecule has 0 saturated heterocycles. The maximum Gasteiger partial charge on any atom is 0.459 e. The summed E-state index contributed by atoms with van der Waals surface area (Å²) in [7, 11) is 0. The monoisotopic (exact) mass is 484 g/mol. The molecular weight excluding hydrogens is 483 g/mol. The van der Waals surface area contributed by atoms with E-state index in [2.05, 4.69) is 5.10 Å². The van der Waals surface area contributed by atoms with Crippen molar-refractivity contribution in [1.29, 1.82) is 0 Å². The quantitative estimate of drug-likeness (QED) is 0.419. The van der Waals surface area contributed by atoms with E-state index in [-0.39, 0.29) is 12.1 Å². The number of aromatic nitrogens is 2. The Bertz CT molecular complexity index is 916. The zero-order chi connectivity index (χ0) is 22.7. The second-order valence-electron chi connectivity index (χ2n) is 5.28. The van der Waals surface area contributed by atoms with E-state index in [0.717, 1.165) is 0 Å². The molecule has 1 aromatic carbocycles. The van der Waals surface area contributed by atoms with Crippen molar-refractivity contribution in [3.05, 3.63) is 44.9 Å². The van der Waals surface area contributed by atoms with Crippen LogP contribution in [0, 0.1) is 5.95 Å². The second-order valence-corrected chi connectivity index (χ2v) is 6.10. The molecule has 0 N–H and O–H groups in total. The summed E-state index contributed by atoms with van der Waals surface area (Å²) < 4.78 is 155. The van der Waals surface area contributed by atoms with Gasteiger partial charge in [0.25, 0.3) is 0 Å². The number of rotatable bonds is 2. The number of benzene rings is 1. The van der Waals surface area contributed by atoms with Gasteiger partial charge in [0.2, 0.25) is 5.95 Å². The van der Waals surface area contributed by atoms with E-state index in [1.165, 1.54) is 0 Å². The first-order valence-electron chi connectivity index (χ1n) is 6.67. The van der Waals surface area contributed by atoms with Gasteiger partial charge in [0.1, 0.15) is 11.3 Å². The first kappa shape index (κ1) is 23.4. The molecule has 2 rings (SSSR count). The van der Waals surface area contributed by atoms with E-state index in [9.17, 15) is 52.7 Å². The molecule has 0 aliphatic carbocycles. The maximum absolute atomic E-state index is 14.2. The van der Waals surface area contributed by atoms with E-state index in [4.69, 9.17) is 23.2 Å². The molecule has 0 aliphatic rings. The van der Waals surface area contributed by atoms with Gasteiger partial charge < -0.3 is 0 Å². The highest BCUT2D eigenvalue weighted by Crippen LogP contribution is 2.49. The topological polar surface area (TPSA) is 17.8 Å². The summed E-state index contributed by atoms with van der Waals surface area (Å²) >= 11 is 10.8. The molecule has 0 atom stereocenters. The summed E-state index contributed by atoms with van der Waals surface area (Å²) in [6.07, 6.45) is -17.8. The molecule has 162 valence electrons. The van der Waals surface area contributed by atoms with Crippen LogP contribution in [0.5, 0.6) is 0 Å². The Morgan fingerprint density at radius 3 is 1.55 bits per heavy atom. The molecule has 16 heteroatoms. The van der Waals surface area contributed by atoms with Crippen LogP contribution in [0.25, 0.3) is 5.69 Å². The molecule has 2 aromatic rings. The highest BCUT2D eigenvalue weighted by Gasteiger charge is 2.64. The van der Waals surface area contributed by atoms with E-state index < -0.39 is 67.6 Å². The van der Waals surface area contributed by atoms with Crippen molar-refractivity contribution >= 4 is 23.2 Å². The van der Waals surface area contributed by atoms with Gasteiger partial charge in [-0.15, -0.1) is 0 Å². The molecule has 2 nitrogen and oxygen atoms in total.